The Labute approximate surface area is 195 Å². The van der Waals surface area contributed by atoms with Crippen molar-refractivity contribution in [1.29, 1.82) is 0 Å². The number of benzene rings is 2. The van der Waals surface area contributed by atoms with Crippen LogP contribution in [-0.4, -0.2) is 58.7 Å². The fraction of sp³-hybridized carbons (Fsp3) is 0.500. The average Bonchev–Trinajstić information content (AvgIpc) is 3.18. The zero-order chi connectivity index (χ0) is 22.6. The predicted octanol–water partition coefficient (Wildman–Crippen LogP) is 3.75. The summed E-state index contributed by atoms with van der Waals surface area (Å²) in [5.74, 6) is 0.751. The molecule has 2 heterocycles. The van der Waals surface area contributed by atoms with E-state index in [4.69, 9.17) is 9.47 Å². The van der Waals surface area contributed by atoms with Crippen LogP contribution in [0, 0.1) is 0 Å². The molecule has 2 aromatic carbocycles. The quantitative estimate of drug-likeness (QED) is 0.500. The fourth-order valence-corrected chi connectivity index (χ4v) is 7.30. The topological polar surface area (TPSA) is 62.2 Å². The zero-order valence-electron chi connectivity index (χ0n) is 19.1. The summed E-state index contributed by atoms with van der Waals surface area (Å²) in [4.78, 5) is 2.38. The predicted molar refractivity (Wildman–Crippen MR) is 127 cm³/mol. The van der Waals surface area contributed by atoms with E-state index in [1.165, 1.54) is 11.1 Å². The standard InChI is InChI=1S/C28H33NO4/c1-2-15-29-16-14-27-24-20-10-11-21(30)25(24)33-26(27)22(12-13-28(27,31)23(29)18-20)32-17-6-9-19-7-4-3-5-8-19/h2-5,7-8,10-11,22-23,26,30-31H,1,6,9,12-18H2/t22?,23-,26?,27+,28-/m1/s1. The second-order valence-electron chi connectivity index (χ2n) is 10.2. The molecule has 2 fully saturated rings. The molecule has 1 saturated carbocycles. The van der Waals surface area contributed by atoms with Gasteiger partial charge in [0.2, 0.25) is 0 Å². The van der Waals surface area contributed by atoms with Gasteiger partial charge in [-0.25, -0.2) is 0 Å². The third-order valence-corrected chi connectivity index (χ3v) is 8.67. The summed E-state index contributed by atoms with van der Waals surface area (Å²) in [5.41, 5.74) is 2.14. The molecular weight excluding hydrogens is 414 g/mol. The van der Waals surface area contributed by atoms with Gasteiger partial charge in [0.25, 0.3) is 0 Å². The lowest BCUT2D eigenvalue weighted by atomic mass is 9.48. The minimum atomic E-state index is -0.894. The number of aryl methyl sites for hydroxylation is 1. The lowest BCUT2D eigenvalue weighted by molar-refractivity contribution is -0.213. The monoisotopic (exact) mass is 447 g/mol. The first-order valence-electron chi connectivity index (χ1n) is 12.3. The fourth-order valence-electron chi connectivity index (χ4n) is 7.30. The van der Waals surface area contributed by atoms with Crippen LogP contribution in [-0.2, 0) is 23.0 Å². The molecule has 5 atom stereocenters. The highest BCUT2D eigenvalue weighted by molar-refractivity contribution is 5.62. The number of hydrogen-bond acceptors (Lipinski definition) is 5. The van der Waals surface area contributed by atoms with Crippen LogP contribution < -0.4 is 4.74 Å². The minimum Gasteiger partial charge on any atom is -0.504 e. The van der Waals surface area contributed by atoms with Crippen LogP contribution in [0.4, 0.5) is 0 Å². The summed E-state index contributed by atoms with van der Waals surface area (Å²) in [6.45, 7) is 6.26. The molecule has 6 rings (SSSR count). The van der Waals surface area contributed by atoms with E-state index in [-0.39, 0.29) is 24.0 Å². The first-order chi connectivity index (χ1) is 16.1. The van der Waals surface area contributed by atoms with E-state index >= 15 is 0 Å². The van der Waals surface area contributed by atoms with Gasteiger partial charge in [0.1, 0.15) is 6.10 Å². The lowest BCUT2D eigenvalue weighted by Crippen LogP contribution is -2.77. The molecule has 2 N–H and O–H groups in total. The Morgan fingerprint density at radius 2 is 2.03 bits per heavy atom. The van der Waals surface area contributed by atoms with Crippen LogP contribution in [0.25, 0.3) is 0 Å². The Bertz CT molecular complexity index is 1060. The normalized spacial score (nSPS) is 33.9. The van der Waals surface area contributed by atoms with E-state index in [0.29, 0.717) is 18.8 Å². The van der Waals surface area contributed by atoms with Crippen molar-refractivity contribution in [3.8, 4) is 11.5 Å². The van der Waals surface area contributed by atoms with Crippen molar-refractivity contribution < 1.29 is 19.7 Å². The van der Waals surface area contributed by atoms with Crippen molar-refractivity contribution in [2.75, 3.05) is 19.7 Å². The van der Waals surface area contributed by atoms with Gasteiger partial charge in [0.15, 0.2) is 11.5 Å². The molecule has 0 radical (unpaired) electrons. The number of phenolic OH excluding ortho intramolecular Hbond substituents is 1. The van der Waals surface area contributed by atoms with E-state index in [1.807, 2.05) is 18.2 Å². The van der Waals surface area contributed by atoms with E-state index in [0.717, 1.165) is 50.8 Å². The molecule has 5 nitrogen and oxygen atoms in total. The number of ether oxygens (including phenoxy) is 2. The van der Waals surface area contributed by atoms with Gasteiger partial charge in [-0.05, 0) is 62.3 Å². The number of likely N-dealkylation sites (tertiary alicyclic amines) is 1. The van der Waals surface area contributed by atoms with Crippen molar-refractivity contribution in [3.05, 3.63) is 71.8 Å². The summed E-state index contributed by atoms with van der Waals surface area (Å²) < 4.78 is 13.0. The van der Waals surface area contributed by atoms with Crippen molar-refractivity contribution in [3.63, 3.8) is 0 Å². The highest BCUT2D eigenvalue weighted by Gasteiger charge is 2.73. The smallest absolute Gasteiger partial charge is 0.165 e. The van der Waals surface area contributed by atoms with Crippen LogP contribution in [0.15, 0.2) is 55.1 Å². The first-order valence-corrected chi connectivity index (χ1v) is 12.3. The Hall–Kier alpha value is -2.34. The zero-order valence-corrected chi connectivity index (χ0v) is 19.1. The number of phenols is 1. The van der Waals surface area contributed by atoms with Gasteiger partial charge in [0, 0.05) is 24.8 Å². The molecule has 2 bridgehead atoms. The summed E-state index contributed by atoms with van der Waals surface area (Å²) in [6.07, 6.45) is 6.51. The molecule has 33 heavy (non-hydrogen) atoms. The highest BCUT2D eigenvalue weighted by Crippen LogP contribution is 2.65. The number of aromatic hydroxyl groups is 1. The van der Waals surface area contributed by atoms with Gasteiger partial charge in [0.05, 0.1) is 17.1 Å². The van der Waals surface area contributed by atoms with E-state index < -0.39 is 11.0 Å². The first kappa shape index (κ1) is 21.2. The molecule has 2 aromatic rings. The number of nitrogens with zero attached hydrogens (tertiary/aromatic N) is 1. The second kappa shape index (κ2) is 7.86. The van der Waals surface area contributed by atoms with Crippen LogP contribution >= 0.6 is 0 Å². The Balaban J connectivity index is 1.30. The largest absolute Gasteiger partial charge is 0.504 e. The maximum Gasteiger partial charge on any atom is 0.165 e. The molecule has 2 unspecified atom stereocenters. The summed E-state index contributed by atoms with van der Waals surface area (Å²) >= 11 is 0. The molecule has 2 aliphatic carbocycles. The molecule has 1 saturated heterocycles. The third-order valence-electron chi connectivity index (χ3n) is 8.67. The summed E-state index contributed by atoms with van der Waals surface area (Å²) in [7, 11) is 0. The van der Waals surface area contributed by atoms with Crippen LogP contribution in [0.1, 0.15) is 42.4 Å². The third kappa shape index (κ3) is 2.95. The molecule has 4 aliphatic rings. The summed E-state index contributed by atoms with van der Waals surface area (Å²) in [5, 5.41) is 23.0. The van der Waals surface area contributed by atoms with E-state index in [2.05, 4.69) is 35.7 Å². The number of piperidine rings is 1. The number of rotatable bonds is 7. The van der Waals surface area contributed by atoms with Crippen molar-refractivity contribution in [2.24, 2.45) is 0 Å². The van der Waals surface area contributed by atoms with E-state index in [1.54, 1.807) is 6.07 Å². The molecule has 0 amide bonds. The van der Waals surface area contributed by atoms with Gasteiger partial charge in [-0.15, -0.1) is 6.58 Å². The van der Waals surface area contributed by atoms with Crippen LogP contribution in [0.3, 0.4) is 0 Å². The van der Waals surface area contributed by atoms with Gasteiger partial charge in [-0.2, -0.15) is 0 Å². The minimum absolute atomic E-state index is 0.0253. The van der Waals surface area contributed by atoms with Crippen LogP contribution in [0.5, 0.6) is 11.5 Å². The SMILES string of the molecule is C=CCN1CC[C@]23c4c5ccc(O)c4OC2C(OCCCc2ccccc2)CC[C@@]3(O)[C@H]1C5. The average molecular weight is 448 g/mol. The molecular formula is C28H33NO4. The summed E-state index contributed by atoms with van der Waals surface area (Å²) in [6, 6.07) is 14.3. The molecule has 2 aliphatic heterocycles. The molecule has 1 spiro atoms. The molecule has 0 aromatic heterocycles. The Morgan fingerprint density at radius 1 is 1.18 bits per heavy atom. The van der Waals surface area contributed by atoms with Gasteiger partial charge in [-0.1, -0.05) is 42.5 Å². The Morgan fingerprint density at radius 3 is 2.85 bits per heavy atom. The lowest BCUT2D eigenvalue weighted by Gasteiger charge is -2.64. The van der Waals surface area contributed by atoms with Gasteiger partial charge >= 0.3 is 0 Å². The van der Waals surface area contributed by atoms with Crippen LogP contribution in [0.2, 0.25) is 0 Å². The van der Waals surface area contributed by atoms with Crippen molar-refractivity contribution in [1.82, 2.24) is 4.90 Å². The number of hydrogen-bond donors (Lipinski definition) is 2. The number of aliphatic hydroxyl groups is 1. The maximum absolute atomic E-state index is 12.3. The maximum atomic E-state index is 12.3. The van der Waals surface area contributed by atoms with Gasteiger partial charge in [-0.3, -0.25) is 4.90 Å². The van der Waals surface area contributed by atoms with Crippen molar-refractivity contribution in [2.45, 2.75) is 67.8 Å². The Kier molecular flexibility index (Phi) is 5.05. The van der Waals surface area contributed by atoms with Gasteiger partial charge < -0.3 is 19.7 Å². The van der Waals surface area contributed by atoms with Crippen molar-refractivity contribution >= 4 is 0 Å². The molecule has 174 valence electrons. The second-order valence-corrected chi connectivity index (χ2v) is 10.2. The molecule has 5 heteroatoms. The highest BCUT2D eigenvalue weighted by atomic mass is 16.6. The van der Waals surface area contributed by atoms with E-state index in [9.17, 15) is 10.2 Å².